The molecule has 3 aliphatic rings. The highest BCUT2D eigenvalue weighted by Gasteiger charge is 2.33. The number of amides is 1. The van der Waals surface area contributed by atoms with E-state index in [-0.39, 0.29) is 5.91 Å². The Morgan fingerprint density at radius 2 is 1.67 bits per heavy atom. The van der Waals surface area contributed by atoms with Crippen LogP contribution in [0.3, 0.4) is 0 Å². The molecule has 0 saturated carbocycles. The van der Waals surface area contributed by atoms with E-state index >= 15 is 0 Å². The van der Waals surface area contributed by atoms with Gasteiger partial charge >= 0.3 is 0 Å². The topological polar surface area (TPSA) is 41.4 Å². The molecule has 0 aromatic carbocycles. The van der Waals surface area contributed by atoms with Crippen LogP contribution in [0.25, 0.3) is 0 Å². The minimum absolute atomic E-state index is 0.167. The average molecular weight is 330 g/mol. The molecule has 0 bridgehead atoms. The van der Waals surface area contributed by atoms with Crippen LogP contribution in [0.1, 0.15) is 66.7 Å². The summed E-state index contributed by atoms with van der Waals surface area (Å²) in [5, 5.41) is 4.64. The lowest BCUT2D eigenvalue weighted by Crippen LogP contribution is -2.40. The molecule has 132 valence electrons. The zero-order chi connectivity index (χ0) is 16.5. The van der Waals surface area contributed by atoms with Crippen molar-refractivity contribution < 1.29 is 4.79 Å². The maximum atomic E-state index is 12.9. The lowest BCUT2D eigenvalue weighted by Gasteiger charge is -2.33. The number of aryl methyl sites for hydroxylation is 1. The van der Waals surface area contributed by atoms with Gasteiger partial charge in [0.1, 0.15) is 0 Å². The zero-order valence-corrected chi connectivity index (χ0v) is 15.0. The average Bonchev–Trinajstić information content (AvgIpc) is 3.15. The molecule has 1 aromatic heterocycles. The first kappa shape index (κ1) is 16.1. The van der Waals surface area contributed by atoms with Gasteiger partial charge in [0.05, 0.1) is 0 Å². The van der Waals surface area contributed by atoms with E-state index in [0.717, 1.165) is 44.5 Å². The molecule has 2 saturated heterocycles. The Bertz CT molecular complexity index is 595. The third-order valence-electron chi connectivity index (χ3n) is 6.18. The molecule has 5 heteroatoms. The number of hydrogen-bond donors (Lipinski definition) is 0. The first-order valence-corrected chi connectivity index (χ1v) is 9.82. The Morgan fingerprint density at radius 3 is 2.38 bits per heavy atom. The van der Waals surface area contributed by atoms with Crippen molar-refractivity contribution in [1.29, 1.82) is 0 Å². The maximum Gasteiger partial charge on any atom is 0.274 e. The second-order valence-electron chi connectivity index (χ2n) is 7.74. The largest absolute Gasteiger partial charge is 0.337 e. The summed E-state index contributed by atoms with van der Waals surface area (Å²) in [5.41, 5.74) is 3.28. The number of carbonyl (C=O) groups excluding carboxylic acids is 1. The molecule has 1 unspecified atom stereocenters. The van der Waals surface area contributed by atoms with Crippen LogP contribution in [0.4, 0.5) is 0 Å². The number of fused-ring (bicyclic) bond motifs is 1. The normalized spacial score (nSPS) is 25.5. The molecule has 0 spiro atoms. The number of carbonyl (C=O) groups is 1. The standard InChI is InChI=1S/C19H30N4O/c1-21-17-9-8-15(22-10-4-2-3-5-11-22)14-16(17)18(20-21)19(24)23-12-6-7-13-23/h15H,2-14H2,1H3. The molecule has 2 aliphatic heterocycles. The van der Waals surface area contributed by atoms with Gasteiger partial charge in [-0.05, 0) is 58.0 Å². The number of hydrogen-bond acceptors (Lipinski definition) is 3. The maximum absolute atomic E-state index is 12.9. The Balaban J connectivity index is 1.56. The lowest BCUT2D eigenvalue weighted by molar-refractivity contribution is 0.0784. The van der Waals surface area contributed by atoms with Gasteiger partial charge in [-0.2, -0.15) is 5.10 Å². The number of nitrogens with zero attached hydrogens (tertiary/aromatic N) is 4. The minimum Gasteiger partial charge on any atom is -0.337 e. The Kier molecular flexibility index (Phi) is 4.61. The molecule has 4 rings (SSSR count). The highest BCUT2D eigenvalue weighted by Crippen LogP contribution is 2.29. The molecule has 1 aromatic rings. The van der Waals surface area contributed by atoms with Crippen LogP contribution in [0.2, 0.25) is 0 Å². The van der Waals surface area contributed by atoms with Crippen LogP contribution in [0.15, 0.2) is 0 Å². The number of rotatable bonds is 2. The molecular weight excluding hydrogens is 300 g/mol. The van der Waals surface area contributed by atoms with Crippen LogP contribution < -0.4 is 0 Å². The summed E-state index contributed by atoms with van der Waals surface area (Å²) < 4.78 is 1.97. The van der Waals surface area contributed by atoms with Crippen LogP contribution in [0, 0.1) is 0 Å². The fourth-order valence-electron chi connectivity index (χ4n) is 4.78. The van der Waals surface area contributed by atoms with Crippen molar-refractivity contribution in [2.45, 2.75) is 63.8 Å². The second kappa shape index (κ2) is 6.87. The fraction of sp³-hybridized carbons (Fsp3) is 0.789. The third-order valence-corrected chi connectivity index (χ3v) is 6.18. The Morgan fingerprint density at radius 1 is 1.00 bits per heavy atom. The van der Waals surface area contributed by atoms with Gasteiger partial charge in [-0.25, -0.2) is 0 Å². The first-order valence-electron chi connectivity index (χ1n) is 9.82. The van der Waals surface area contributed by atoms with Crippen LogP contribution >= 0.6 is 0 Å². The van der Waals surface area contributed by atoms with Crippen molar-refractivity contribution in [1.82, 2.24) is 19.6 Å². The predicted octanol–water partition coefficient (Wildman–Crippen LogP) is 2.39. The van der Waals surface area contributed by atoms with Crippen molar-refractivity contribution in [2.24, 2.45) is 7.05 Å². The highest BCUT2D eigenvalue weighted by atomic mass is 16.2. The van der Waals surface area contributed by atoms with E-state index in [2.05, 4.69) is 10.00 Å². The van der Waals surface area contributed by atoms with E-state index < -0.39 is 0 Å². The summed E-state index contributed by atoms with van der Waals surface area (Å²) in [4.78, 5) is 17.6. The monoisotopic (exact) mass is 330 g/mol. The molecule has 5 nitrogen and oxygen atoms in total. The number of aromatic nitrogens is 2. The van der Waals surface area contributed by atoms with Crippen LogP contribution in [-0.2, 0) is 19.9 Å². The van der Waals surface area contributed by atoms with Crippen molar-refractivity contribution in [3.05, 3.63) is 17.0 Å². The zero-order valence-electron chi connectivity index (χ0n) is 15.0. The molecule has 1 atom stereocenters. The highest BCUT2D eigenvalue weighted by molar-refractivity contribution is 5.94. The van der Waals surface area contributed by atoms with E-state index in [0.29, 0.717) is 6.04 Å². The first-order chi connectivity index (χ1) is 11.7. The van der Waals surface area contributed by atoms with E-state index in [4.69, 9.17) is 0 Å². The van der Waals surface area contributed by atoms with Gasteiger partial charge in [-0.15, -0.1) is 0 Å². The molecule has 3 heterocycles. The summed E-state index contributed by atoms with van der Waals surface area (Å²) in [5.74, 6) is 0.167. The fourth-order valence-corrected chi connectivity index (χ4v) is 4.78. The lowest BCUT2D eigenvalue weighted by atomic mass is 9.90. The molecular formula is C19H30N4O. The molecule has 1 amide bonds. The van der Waals surface area contributed by atoms with Gasteiger partial charge in [0.2, 0.25) is 0 Å². The van der Waals surface area contributed by atoms with Gasteiger partial charge in [0, 0.05) is 37.4 Å². The van der Waals surface area contributed by atoms with E-state index in [1.807, 2.05) is 16.6 Å². The molecule has 0 N–H and O–H groups in total. The third kappa shape index (κ3) is 2.99. The number of likely N-dealkylation sites (tertiary alicyclic amines) is 2. The minimum atomic E-state index is 0.167. The summed E-state index contributed by atoms with van der Waals surface area (Å²) in [6.45, 7) is 4.27. The van der Waals surface area contributed by atoms with Crippen molar-refractivity contribution >= 4 is 5.91 Å². The summed E-state index contributed by atoms with van der Waals surface area (Å²) in [6, 6.07) is 0.602. The van der Waals surface area contributed by atoms with E-state index in [1.54, 1.807) is 0 Å². The summed E-state index contributed by atoms with van der Waals surface area (Å²) >= 11 is 0. The van der Waals surface area contributed by atoms with Gasteiger partial charge in [0.15, 0.2) is 5.69 Å². The molecule has 2 fully saturated rings. The van der Waals surface area contributed by atoms with Crippen molar-refractivity contribution in [2.75, 3.05) is 26.2 Å². The SMILES string of the molecule is Cn1nc(C(=O)N2CCCC2)c2c1CCC(N1CCCCCC1)C2. The predicted molar refractivity (Wildman–Crippen MR) is 94.2 cm³/mol. The van der Waals surface area contributed by atoms with E-state index in [9.17, 15) is 4.79 Å². The Labute approximate surface area is 145 Å². The van der Waals surface area contributed by atoms with Crippen LogP contribution in [-0.4, -0.2) is 57.7 Å². The van der Waals surface area contributed by atoms with Gasteiger partial charge in [0.25, 0.3) is 5.91 Å². The van der Waals surface area contributed by atoms with E-state index in [1.165, 1.54) is 56.5 Å². The van der Waals surface area contributed by atoms with Crippen molar-refractivity contribution in [3.8, 4) is 0 Å². The summed E-state index contributed by atoms with van der Waals surface area (Å²) in [7, 11) is 2.01. The van der Waals surface area contributed by atoms with Gasteiger partial charge in [-0.1, -0.05) is 12.8 Å². The van der Waals surface area contributed by atoms with Gasteiger partial charge < -0.3 is 9.80 Å². The van der Waals surface area contributed by atoms with Crippen LogP contribution in [0.5, 0.6) is 0 Å². The molecule has 0 radical (unpaired) electrons. The smallest absolute Gasteiger partial charge is 0.274 e. The Hall–Kier alpha value is -1.36. The second-order valence-corrected chi connectivity index (χ2v) is 7.74. The quantitative estimate of drug-likeness (QED) is 0.836. The molecule has 1 aliphatic carbocycles. The molecule has 24 heavy (non-hydrogen) atoms. The van der Waals surface area contributed by atoms with Crippen molar-refractivity contribution in [3.63, 3.8) is 0 Å². The summed E-state index contributed by atoms with van der Waals surface area (Å²) in [6.07, 6.45) is 11.0. The van der Waals surface area contributed by atoms with Gasteiger partial charge in [-0.3, -0.25) is 9.48 Å².